The normalized spacial score (nSPS) is 16.1. The van der Waals surface area contributed by atoms with E-state index in [0.717, 1.165) is 30.9 Å². The lowest BCUT2D eigenvalue weighted by Gasteiger charge is -2.25. The van der Waals surface area contributed by atoms with Crippen LogP contribution in [0.1, 0.15) is 31.2 Å². The predicted octanol–water partition coefficient (Wildman–Crippen LogP) is 1.92. The van der Waals surface area contributed by atoms with E-state index in [0.29, 0.717) is 11.4 Å². The van der Waals surface area contributed by atoms with Gasteiger partial charge in [-0.15, -0.1) is 0 Å². The molecule has 1 fully saturated rings. The van der Waals surface area contributed by atoms with Crippen LogP contribution in [0.5, 0.6) is 0 Å². The maximum Gasteiger partial charge on any atom is 0.240 e. The summed E-state index contributed by atoms with van der Waals surface area (Å²) in [4.78, 5) is 0.360. The van der Waals surface area contributed by atoms with Crippen molar-refractivity contribution in [1.29, 1.82) is 0 Å². The Morgan fingerprint density at radius 2 is 1.85 bits per heavy atom. The fraction of sp³-hybridized carbons (Fsp3) is 0.600. The third-order valence-corrected chi connectivity index (χ3v) is 5.44. The lowest BCUT2D eigenvalue weighted by atomic mass is 9.83. The molecule has 1 aromatic rings. The van der Waals surface area contributed by atoms with Gasteiger partial charge in [0, 0.05) is 6.54 Å². The van der Waals surface area contributed by atoms with Gasteiger partial charge in [0.15, 0.2) is 0 Å². The van der Waals surface area contributed by atoms with Crippen LogP contribution < -0.4 is 10.0 Å². The van der Waals surface area contributed by atoms with Gasteiger partial charge < -0.3 is 5.32 Å². The Bertz CT molecular complexity index is 507. The molecule has 0 aliphatic heterocycles. The van der Waals surface area contributed by atoms with E-state index in [1.165, 1.54) is 19.3 Å². The van der Waals surface area contributed by atoms with Crippen molar-refractivity contribution in [3.8, 4) is 0 Å². The fourth-order valence-electron chi connectivity index (χ4n) is 2.37. The monoisotopic (exact) mass is 296 g/mol. The van der Waals surface area contributed by atoms with E-state index in [-0.39, 0.29) is 0 Å². The number of hydrogen-bond donors (Lipinski definition) is 2. The molecule has 2 N–H and O–H groups in total. The van der Waals surface area contributed by atoms with Crippen molar-refractivity contribution < 1.29 is 8.42 Å². The third-order valence-electron chi connectivity index (χ3n) is 3.97. The zero-order valence-corrected chi connectivity index (χ0v) is 12.9. The molecular formula is C15H24N2O2S. The molecule has 2 rings (SSSR count). The fourth-order valence-corrected chi connectivity index (χ4v) is 3.41. The first-order chi connectivity index (χ1) is 9.62. The van der Waals surface area contributed by atoms with E-state index in [1.807, 2.05) is 19.2 Å². The summed E-state index contributed by atoms with van der Waals surface area (Å²) < 4.78 is 26.9. The lowest BCUT2D eigenvalue weighted by Crippen LogP contribution is -2.27. The quantitative estimate of drug-likeness (QED) is 0.770. The van der Waals surface area contributed by atoms with Crippen LogP contribution >= 0.6 is 0 Å². The van der Waals surface area contributed by atoms with E-state index in [1.54, 1.807) is 12.1 Å². The highest BCUT2D eigenvalue weighted by Gasteiger charge is 2.19. The first kappa shape index (κ1) is 15.5. The smallest absolute Gasteiger partial charge is 0.240 e. The number of hydrogen-bond acceptors (Lipinski definition) is 3. The number of benzene rings is 1. The minimum absolute atomic E-state index is 0.360. The van der Waals surface area contributed by atoms with Crippen LogP contribution in [0.15, 0.2) is 29.2 Å². The SMILES string of the molecule is CNCCc1ccc(S(=O)(=O)NCCC2CCC2)cc1. The molecule has 0 bridgehead atoms. The number of rotatable bonds is 8. The van der Waals surface area contributed by atoms with Crippen molar-refractivity contribution in [2.24, 2.45) is 5.92 Å². The maximum atomic E-state index is 12.1. The number of nitrogens with one attached hydrogen (secondary N) is 2. The molecule has 0 unspecified atom stereocenters. The minimum Gasteiger partial charge on any atom is -0.319 e. The molecule has 0 amide bonds. The first-order valence-electron chi connectivity index (χ1n) is 7.35. The van der Waals surface area contributed by atoms with Crippen molar-refractivity contribution in [3.63, 3.8) is 0 Å². The third kappa shape index (κ3) is 4.30. The standard InChI is InChI=1S/C15H24N2O2S/c1-16-11-9-14-5-7-15(8-6-14)20(18,19)17-12-10-13-3-2-4-13/h5-8,13,16-17H,2-4,9-12H2,1H3. The average Bonchev–Trinajstić information content (AvgIpc) is 2.40. The van der Waals surface area contributed by atoms with Crippen LogP contribution in [0.3, 0.4) is 0 Å². The van der Waals surface area contributed by atoms with Crippen LogP contribution in [0.25, 0.3) is 0 Å². The number of likely N-dealkylation sites (N-methyl/N-ethyl adjacent to an activating group) is 1. The highest BCUT2D eigenvalue weighted by molar-refractivity contribution is 7.89. The average molecular weight is 296 g/mol. The Morgan fingerprint density at radius 3 is 2.40 bits per heavy atom. The first-order valence-corrected chi connectivity index (χ1v) is 8.83. The molecule has 112 valence electrons. The maximum absolute atomic E-state index is 12.1. The van der Waals surface area contributed by atoms with E-state index < -0.39 is 10.0 Å². The van der Waals surface area contributed by atoms with Gasteiger partial charge in [-0.05, 0) is 50.0 Å². The highest BCUT2D eigenvalue weighted by Crippen LogP contribution is 2.28. The van der Waals surface area contributed by atoms with Crippen LogP contribution in [-0.2, 0) is 16.4 Å². The van der Waals surface area contributed by atoms with Gasteiger partial charge in [0.1, 0.15) is 0 Å². The van der Waals surface area contributed by atoms with Crippen molar-refractivity contribution >= 4 is 10.0 Å². The molecule has 1 aliphatic carbocycles. The zero-order valence-electron chi connectivity index (χ0n) is 12.1. The molecule has 1 aromatic carbocycles. The Labute approximate surface area is 122 Å². The zero-order chi connectivity index (χ0) is 14.4. The van der Waals surface area contributed by atoms with Gasteiger partial charge >= 0.3 is 0 Å². The van der Waals surface area contributed by atoms with E-state index in [9.17, 15) is 8.42 Å². The van der Waals surface area contributed by atoms with Crippen molar-refractivity contribution in [1.82, 2.24) is 10.0 Å². The Morgan fingerprint density at radius 1 is 1.15 bits per heavy atom. The molecule has 0 spiro atoms. The van der Waals surface area contributed by atoms with Gasteiger partial charge in [-0.2, -0.15) is 0 Å². The second-order valence-electron chi connectivity index (χ2n) is 5.48. The van der Waals surface area contributed by atoms with Gasteiger partial charge in [0.05, 0.1) is 4.90 Å². The van der Waals surface area contributed by atoms with Crippen LogP contribution in [0.4, 0.5) is 0 Å². The summed E-state index contributed by atoms with van der Waals surface area (Å²) in [6.45, 7) is 1.44. The Kier molecular flexibility index (Phi) is 5.57. The summed E-state index contributed by atoms with van der Waals surface area (Å²) in [5.41, 5.74) is 1.15. The molecule has 0 aromatic heterocycles. The number of sulfonamides is 1. The summed E-state index contributed by atoms with van der Waals surface area (Å²) in [5.74, 6) is 0.724. The molecule has 0 atom stereocenters. The topological polar surface area (TPSA) is 58.2 Å². The second-order valence-corrected chi connectivity index (χ2v) is 7.25. The van der Waals surface area contributed by atoms with Gasteiger partial charge in [0.2, 0.25) is 10.0 Å². The molecule has 0 radical (unpaired) electrons. The lowest BCUT2D eigenvalue weighted by molar-refractivity contribution is 0.297. The van der Waals surface area contributed by atoms with Crippen LogP contribution in [-0.4, -0.2) is 28.6 Å². The molecule has 4 nitrogen and oxygen atoms in total. The van der Waals surface area contributed by atoms with Crippen molar-refractivity contribution in [3.05, 3.63) is 29.8 Å². The molecule has 1 aliphatic rings. The van der Waals surface area contributed by atoms with E-state index in [4.69, 9.17) is 0 Å². The van der Waals surface area contributed by atoms with Crippen molar-refractivity contribution in [2.45, 2.75) is 37.0 Å². The minimum atomic E-state index is -3.34. The van der Waals surface area contributed by atoms with Gasteiger partial charge in [0.25, 0.3) is 0 Å². The molecule has 0 saturated heterocycles. The summed E-state index contributed by atoms with van der Waals surface area (Å²) in [6, 6.07) is 7.16. The van der Waals surface area contributed by atoms with Gasteiger partial charge in [-0.25, -0.2) is 13.1 Å². The molecular weight excluding hydrogens is 272 g/mol. The van der Waals surface area contributed by atoms with E-state index >= 15 is 0 Å². The van der Waals surface area contributed by atoms with Crippen LogP contribution in [0, 0.1) is 5.92 Å². The summed E-state index contributed by atoms with van der Waals surface area (Å²) in [5, 5.41) is 3.08. The highest BCUT2D eigenvalue weighted by atomic mass is 32.2. The van der Waals surface area contributed by atoms with Gasteiger partial charge in [-0.3, -0.25) is 0 Å². The summed E-state index contributed by atoms with van der Waals surface area (Å²) >= 11 is 0. The summed E-state index contributed by atoms with van der Waals surface area (Å²) in [7, 11) is -1.44. The largest absolute Gasteiger partial charge is 0.319 e. The summed E-state index contributed by atoms with van der Waals surface area (Å²) in [6.07, 6.45) is 5.67. The Balaban J connectivity index is 1.87. The molecule has 1 saturated carbocycles. The molecule has 0 heterocycles. The van der Waals surface area contributed by atoms with E-state index in [2.05, 4.69) is 10.0 Å². The molecule has 5 heteroatoms. The van der Waals surface area contributed by atoms with Crippen molar-refractivity contribution in [2.75, 3.05) is 20.1 Å². The van der Waals surface area contributed by atoms with Gasteiger partial charge in [-0.1, -0.05) is 31.4 Å². The predicted molar refractivity (Wildman–Crippen MR) is 81.2 cm³/mol. The second kappa shape index (κ2) is 7.20. The molecule has 20 heavy (non-hydrogen) atoms. The van der Waals surface area contributed by atoms with Crippen LogP contribution in [0.2, 0.25) is 0 Å². The Hall–Kier alpha value is -0.910.